The highest BCUT2D eigenvalue weighted by Gasteiger charge is 2.30. The van der Waals surface area contributed by atoms with E-state index in [1.807, 2.05) is 0 Å². The number of nitrogens with zero attached hydrogens (tertiary/aromatic N) is 1. The number of anilines is 1. The molecule has 0 fully saturated rings. The molecular weight excluding hydrogens is 405 g/mol. The highest BCUT2D eigenvalue weighted by molar-refractivity contribution is 6.30. The van der Waals surface area contributed by atoms with Crippen LogP contribution in [-0.4, -0.2) is 10.9 Å². The van der Waals surface area contributed by atoms with Crippen LogP contribution in [0.3, 0.4) is 0 Å². The second-order valence-corrected chi connectivity index (χ2v) is 6.67. The molecule has 0 saturated carbocycles. The van der Waals surface area contributed by atoms with Gasteiger partial charge in [-0.25, -0.2) is 4.98 Å². The van der Waals surface area contributed by atoms with Crippen molar-refractivity contribution in [2.75, 3.05) is 5.32 Å². The lowest BCUT2D eigenvalue weighted by Gasteiger charge is -2.08. The van der Waals surface area contributed by atoms with Crippen molar-refractivity contribution >= 4 is 34.3 Å². The van der Waals surface area contributed by atoms with E-state index in [1.54, 1.807) is 42.5 Å². The Morgan fingerprint density at radius 1 is 0.966 bits per heavy atom. The number of hydrogen-bond donors (Lipinski definition) is 1. The zero-order valence-electron chi connectivity index (χ0n) is 14.6. The van der Waals surface area contributed by atoms with Crippen LogP contribution in [0.4, 0.5) is 18.9 Å². The molecule has 4 aromatic rings. The molecule has 0 unspecified atom stereocenters. The molecule has 0 aliphatic heterocycles. The van der Waals surface area contributed by atoms with Gasteiger partial charge < -0.3 is 9.73 Å². The summed E-state index contributed by atoms with van der Waals surface area (Å²) in [5.41, 5.74) is 1.55. The molecule has 8 heteroatoms. The number of fused-ring (bicyclic) bond motifs is 1. The van der Waals surface area contributed by atoms with Gasteiger partial charge in [-0.2, -0.15) is 13.2 Å². The Morgan fingerprint density at radius 3 is 2.31 bits per heavy atom. The Hall–Kier alpha value is -3.32. The SMILES string of the molecule is O=C(Nc1ccc2oc(-c3ccc(Cl)cc3)nc2c1)c1ccc(C(F)(F)F)cc1. The van der Waals surface area contributed by atoms with Crippen molar-refractivity contribution in [3.05, 3.63) is 82.9 Å². The van der Waals surface area contributed by atoms with Crippen molar-refractivity contribution in [3.63, 3.8) is 0 Å². The van der Waals surface area contributed by atoms with Crippen LogP contribution in [0.15, 0.2) is 71.1 Å². The molecule has 0 atom stereocenters. The molecule has 1 amide bonds. The van der Waals surface area contributed by atoms with Gasteiger partial charge in [0, 0.05) is 21.8 Å². The second kappa shape index (κ2) is 7.25. The lowest BCUT2D eigenvalue weighted by Crippen LogP contribution is -2.12. The zero-order valence-corrected chi connectivity index (χ0v) is 15.4. The molecular formula is C21H12ClF3N2O2. The summed E-state index contributed by atoms with van der Waals surface area (Å²) in [5.74, 6) is -0.123. The van der Waals surface area contributed by atoms with Crippen LogP contribution in [0.5, 0.6) is 0 Å². The summed E-state index contributed by atoms with van der Waals surface area (Å²) in [6.45, 7) is 0. The Morgan fingerprint density at radius 2 is 1.66 bits per heavy atom. The first-order valence-electron chi connectivity index (χ1n) is 8.45. The summed E-state index contributed by atoms with van der Waals surface area (Å²) in [7, 11) is 0. The molecule has 0 radical (unpaired) electrons. The second-order valence-electron chi connectivity index (χ2n) is 6.24. The average Bonchev–Trinajstić information content (AvgIpc) is 3.11. The number of aromatic nitrogens is 1. The van der Waals surface area contributed by atoms with Gasteiger partial charge in [-0.3, -0.25) is 4.79 Å². The van der Waals surface area contributed by atoms with Crippen LogP contribution in [-0.2, 0) is 6.18 Å². The number of nitrogens with one attached hydrogen (secondary N) is 1. The maximum Gasteiger partial charge on any atom is 0.416 e. The van der Waals surface area contributed by atoms with Crippen molar-refractivity contribution in [1.82, 2.24) is 4.98 Å². The Bertz CT molecular complexity index is 1180. The molecule has 0 spiro atoms. The van der Waals surface area contributed by atoms with Gasteiger partial charge >= 0.3 is 6.18 Å². The molecule has 0 saturated heterocycles. The fraction of sp³-hybridized carbons (Fsp3) is 0.0476. The van der Waals surface area contributed by atoms with Gasteiger partial charge in [0.05, 0.1) is 5.56 Å². The third-order valence-corrected chi connectivity index (χ3v) is 4.46. The number of alkyl halides is 3. The predicted octanol–water partition coefficient (Wildman–Crippen LogP) is 6.42. The van der Waals surface area contributed by atoms with Crippen LogP contribution in [0.25, 0.3) is 22.6 Å². The number of benzene rings is 3. The first kappa shape index (κ1) is 19.0. The molecule has 146 valence electrons. The van der Waals surface area contributed by atoms with Crippen molar-refractivity contribution in [1.29, 1.82) is 0 Å². The molecule has 0 aliphatic carbocycles. The summed E-state index contributed by atoms with van der Waals surface area (Å²) in [6, 6.07) is 15.9. The van der Waals surface area contributed by atoms with Crippen molar-refractivity contribution < 1.29 is 22.4 Å². The summed E-state index contributed by atoms with van der Waals surface area (Å²) >= 11 is 5.88. The van der Waals surface area contributed by atoms with E-state index in [4.69, 9.17) is 16.0 Å². The third kappa shape index (κ3) is 4.09. The highest BCUT2D eigenvalue weighted by atomic mass is 35.5. The normalized spacial score (nSPS) is 11.6. The lowest BCUT2D eigenvalue weighted by atomic mass is 10.1. The number of amides is 1. The predicted molar refractivity (Wildman–Crippen MR) is 104 cm³/mol. The Balaban J connectivity index is 1.55. The van der Waals surface area contributed by atoms with E-state index in [-0.39, 0.29) is 5.56 Å². The van der Waals surface area contributed by atoms with Crippen LogP contribution in [0.1, 0.15) is 15.9 Å². The monoisotopic (exact) mass is 416 g/mol. The van der Waals surface area contributed by atoms with Gasteiger partial charge in [0.25, 0.3) is 5.91 Å². The number of halogens is 4. The molecule has 29 heavy (non-hydrogen) atoms. The Labute approximate surface area is 167 Å². The van der Waals surface area contributed by atoms with E-state index in [9.17, 15) is 18.0 Å². The van der Waals surface area contributed by atoms with Gasteiger partial charge in [0.2, 0.25) is 5.89 Å². The molecule has 4 rings (SSSR count). The highest BCUT2D eigenvalue weighted by Crippen LogP contribution is 2.30. The Kier molecular flexibility index (Phi) is 4.76. The number of carbonyl (C=O) groups excluding carboxylic acids is 1. The van der Waals surface area contributed by atoms with E-state index >= 15 is 0 Å². The van der Waals surface area contributed by atoms with E-state index in [0.717, 1.165) is 29.8 Å². The van der Waals surface area contributed by atoms with Crippen LogP contribution in [0, 0.1) is 0 Å². The number of oxazole rings is 1. The minimum Gasteiger partial charge on any atom is -0.436 e. The molecule has 1 heterocycles. The topological polar surface area (TPSA) is 55.1 Å². The molecule has 0 aliphatic rings. The number of hydrogen-bond acceptors (Lipinski definition) is 3. The van der Waals surface area contributed by atoms with Crippen LogP contribution in [0.2, 0.25) is 5.02 Å². The quantitative estimate of drug-likeness (QED) is 0.419. The standard InChI is InChI=1S/C21H12ClF3N2O2/c22-15-7-3-13(4-8-15)20-27-17-11-16(9-10-18(17)29-20)26-19(28)12-1-5-14(6-2-12)21(23,24)25/h1-11H,(H,26,28). The molecule has 4 nitrogen and oxygen atoms in total. The van der Waals surface area contributed by atoms with Gasteiger partial charge in [-0.15, -0.1) is 0 Å². The van der Waals surface area contributed by atoms with Crippen molar-refractivity contribution in [3.8, 4) is 11.5 Å². The fourth-order valence-electron chi connectivity index (χ4n) is 2.73. The van der Waals surface area contributed by atoms with Crippen LogP contribution < -0.4 is 5.32 Å². The van der Waals surface area contributed by atoms with Gasteiger partial charge in [-0.1, -0.05) is 11.6 Å². The maximum absolute atomic E-state index is 12.6. The zero-order chi connectivity index (χ0) is 20.6. The average molecular weight is 417 g/mol. The van der Waals surface area contributed by atoms with E-state index in [2.05, 4.69) is 10.3 Å². The van der Waals surface area contributed by atoms with Crippen LogP contribution >= 0.6 is 11.6 Å². The summed E-state index contributed by atoms with van der Waals surface area (Å²) in [6.07, 6.45) is -4.45. The van der Waals surface area contributed by atoms with E-state index in [1.165, 1.54) is 0 Å². The lowest BCUT2D eigenvalue weighted by molar-refractivity contribution is -0.137. The maximum atomic E-state index is 12.6. The minimum atomic E-state index is -4.45. The third-order valence-electron chi connectivity index (χ3n) is 4.21. The molecule has 0 bridgehead atoms. The largest absolute Gasteiger partial charge is 0.436 e. The fourth-order valence-corrected chi connectivity index (χ4v) is 2.86. The smallest absolute Gasteiger partial charge is 0.416 e. The first-order valence-corrected chi connectivity index (χ1v) is 8.82. The number of carbonyl (C=O) groups is 1. The molecule has 3 aromatic carbocycles. The molecule has 1 aromatic heterocycles. The van der Waals surface area contributed by atoms with Gasteiger partial charge in [0.1, 0.15) is 5.52 Å². The van der Waals surface area contributed by atoms with Crippen molar-refractivity contribution in [2.24, 2.45) is 0 Å². The van der Waals surface area contributed by atoms with Crippen molar-refractivity contribution in [2.45, 2.75) is 6.18 Å². The van der Waals surface area contributed by atoms with E-state index < -0.39 is 17.6 Å². The van der Waals surface area contributed by atoms with Gasteiger partial charge in [0.15, 0.2) is 5.58 Å². The summed E-state index contributed by atoms with van der Waals surface area (Å²) in [4.78, 5) is 16.7. The summed E-state index contributed by atoms with van der Waals surface area (Å²) in [5, 5.41) is 3.24. The number of rotatable bonds is 3. The summed E-state index contributed by atoms with van der Waals surface area (Å²) < 4.78 is 43.6. The van der Waals surface area contributed by atoms with E-state index in [0.29, 0.717) is 27.7 Å². The molecule has 1 N–H and O–H groups in total. The minimum absolute atomic E-state index is 0.111. The van der Waals surface area contributed by atoms with Gasteiger partial charge in [-0.05, 0) is 66.7 Å². The first-order chi connectivity index (χ1) is 13.8.